The number of anilines is 3. The van der Waals surface area contributed by atoms with E-state index >= 15 is 0 Å². The summed E-state index contributed by atoms with van der Waals surface area (Å²) in [6.45, 7) is 0.571. The van der Waals surface area contributed by atoms with Crippen LogP contribution in [0.25, 0.3) is 0 Å². The molecule has 0 saturated carbocycles. The van der Waals surface area contributed by atoms with Gasteiger partial charge in [0, 0.05) is 30.0 Å². The van der Waals surface area contributed by atoms with Crippen LogP contribution >= 0.6 is 11.3 Å². The smallest absolute Gasteiger partial charge is 0.265 e. The molecule has 7 nitrogen and oxygen atoms in total. The van der Waals surface area contributed by atoms with Crippen LogP contribution in [0.3, 0.4) is 0 Å². The Bertz CT molecular complexity index is 1080. The summed E-state index contributed by atoms with van der Waals surface area (Å²) in [7, 11) is 0. The number of hydrogen-bond donors (Lipinski definition) is 2. The number of amides is 3. The fourth-order valence-corrected chi connectivity index (χ4v) is 3.88. The number of nitrogens with zero attached hydrogens (tertiary/aromatic N) is 1. The lowest BCUT2D eigenvalue weighted by molar-refractivity contribution is -0.118. The van der Waals surface area contributed by atoms with E-state index in [1.165, 1.54) is 11.3 Å². The molecule has 2 heterocycles. The highest BCUT2D eigenvalue weighted by atomic mass is 32.1. The van der Waals surface area contributed by atoms with E-state index in [0.29, 0.717) is 28.4 Å². The Morgan fingerprint density at radius 2 is 1.77 bits per heavy atom. The van der Waals surface area contributed by atoms with Gasteiger partial charge in [-0.3, -0.25) is 14.4 Å². The predicted octanol–water partition coefficient (Wildman–Crippen LogP) is 4.14. The predicted molar refractivity (Wildman–Crippen MR) is 121 cm³/mol. The second kappa shape index (κ2) is 9.44. The van der Waals surface area contributed by atoms with E-state index in [1.807, 2.05) is 23.6 Å². The summed E-state index contributed by atoms with van der Waals surface area (Å²) in [6.07, 6.45) is 1.45. The molecule has 2 N–H and O–H groups in total. The first-order chi connectivity index (χ1) is 15.1. The van der Waals surface area contributed by atoms with E-state index < -0.39 is 0 Å². The van der Waals surface area contributed by atoms with Crippen LogP contribution in [-0.2, 0) is 9.59 Å². The molecule has 1 aliphatic rings. The van der Waals surface area contributed by atoms with Crippen molar-refractivity contribution in [3.05, 3.63) is 70.9 Å². The SMILES string of the molecule is O=C(COc1ccc(N2CCCC2=O)cc1)Nc1cccc(NC(=O)c2cccs2)c1. The van der Waals surface area contributed by atoms with Crippen molar-refractivity contribution >= 4 is 46.1 Å². The highest BCUT2D eigenvalue weighted by Crippen LogP contribution is 2.24. The van der Waals surface area contributed by atoms with Gasteiger partial charge in [-0.1, -0.05) is 12.1 Å². The topological polar surface area (TPSA) is 87.7 Å². The maximum absolute atomic E-state index is 12.3. The lowest BCUT2D eigenvalue weighted by Crippen LogP contribution is -2.23. The molecular weight excluding hydrogens is 414 g/mol. The molecule has 1 fully saturated rings. The average Bonchev–Trinajstić information content (AvgIpc) is 3.45. The summed E-state index contributed by atoms with van der Waals surface area (Å²) in [5, 5.41) is 7.40. The van der Waals surface area contributed by atoms with Gasteiger partial charge in [-0.15, -0.1) is 11.3 Å². The van der Waals surface area contributed by atoms with Crippen LogP contribution in [0.2, 0.25) is 0 Å². The molecule has 31 heavy (non-hydrogen) atoms. The van der Waals surface area contributed by atoms with Gasteiger partial charge in [0.2, 0.25) is 5.91 Å². The van der Waals surface area contributed by atoms with E-state index in [2.05, 4.69) is 10.6 Å². The molecule has 0 unspecified atom stereocenters. The van der Waals surface area contributed by atoms with E-state index in [1.54, 1.807) is 47.4 Å². The number of carbonyl (C=O) groups is 3. The minimum atomic E-state index is -0.319. The van der Waals surface area contributed by atoms with Gasteiger partial charge < -0.3 is 20.3 Å². The highest BCUT2D eigenvalue weighted by molar-refractivity contribution is 7.12. The van der Waals surface area contributed by atoms with E-state index in [-0.39, 0.29) is 24.3 Å². The van der Waals surface area contributed by atoms with Crippen molar-refractivity contribution in [2.24, 2.45) is 0 Å². The monoisotopic (exact) mass is 435 g/mol. The number of rotatable bonds is 7. The third-order valence-corrected chi connectivity index (χ3v) is 5.61. The van der Waals surface area contributed by atoms with Gasteiger partial charge in [-0.2, -0.15) is 0 Å². The third kappa shape index (κ3) is 5.29. The van der Waals surface area contributed by atoms with Crippen molar-refractivity contribution in [3.8, 4) is 5.75 Å². The molecule has 2 aromatic carbocycles. The minimum absolute atomic E-state index is 0.127. The molecule has 0 radical (unpaired) electrons. The lowest BCUT2D eigenvalue weighted by Gasteiger charge is -2.16. The van der Waals surface area contributed by atoms with Gasteiger partial charge in [0.1, 0.15) is 5.75 Å². The Hall–Kier alpha value is -3.65. The number of nitrogens with one attached hydrogen (secondary N) is 2. The van der Waals surface area contributed by atoms with Crippen LogP contribution in [0.15, 0.2) is 66.0 Å². The molecule has 1 saturated heterocycles. The van der Waals surface area contributed by atoms with Crippen LogP contribution in [0.1, 0.15) is 22.5 Å². The van der Waals surface area contributed by atoms with Crippen LogP contribution in [0.5, 0.6) is 5.75 Å². The number of benzene rings is 2. The second-order valence-electron chi connectivity index (χ2n) is 6.99. The van der Waals surface area contributed by atoms with Crippen molar-refractivity contribution < 1.29 is 19.1 Å². The van der Waals surface area contributed by atoms with Crippen LogP contribution in [0.4, 0.5) is 17.1 Å². The van der Waals surface area contributed by atoms with Crippen molar-refractivity contribution in [3.63, 3.8) is 0 Å². The molecule has 0 spiro atoms. The van der Waals surface area contributed by atoms with Gasteiger partial charge in [-0.05, 0) is 60.3 Å². The molecule has 1 aliphatic heterocycles. The van der Waals surface area contributed by atoms with Gasteiger partial charge in [-0.25, -0.2) is 0 Å². The number of ether oxygens (including phenoxy) is 1. The minimum Gasteiger partial charge on any atom is -0.484 e. The first kappa shape index (κ1) is 20.6. The molecular formula is C23H21N3O4S. The zero-order valence-corrected chi connectivity index (χ0v) is 17.5. The van der Waals surface area contributed by atoms with Gasteiger partial charge in [0.25, 0.3) is 11.8 Å². The summed E-state index contributed by atoms with van der Waals surface area (Å²) in [4.78, 5) is 38.6. The first-order valence-electron chi connectivity index (χ1n) is 9.86. The maximum atomic E-state index is 12.3. The third-order valence-electron chi connectivity index (χ3n) is 4.74. The maximum Gasteiger partial charge on any atom is 0.265 e. The zero-order valence-electron chi connectivity index (χ0n) is 16.7. The molecule has 3 aromatic rings. The zero-order chi connectivity index (χ0) is 21.6. The molecule has 8 heteroatoms. The summed E-state index contributed by atoms with van der Waals surface area (Å²) in [5.74, 6) is 0.158. The molecule has 1 aromatic heterocycles. The van der Waals surface area contributed by atoms with Gasteiger partial charge in [0.05, 0.1) is 4.88 Å². The number of hydrogen-bond acceptors (Lipinski definition) is 5. The van der Waals surface area contributed by atoms with Crippen LogP contribution < -0.4 is 20.3 Å². The van der Waals surface area contributed by atoms with Crippen molar-refractivity contribution in [2.75, 3.05) is 28.7 Å². The Labute approximate surface area is 183 Å². The molecule has 3 amide bonds. The Morgan fingerprint density at radius 3 is 2.45 bits per heavy atom. The Morgan fingerprint density at radius 1 is 1.00 bits per heavy atom. The summed E-state index contributed by atoms with van der Waals surface area (Å²) in [6, 6.07) is 17.6. The number of thiophene rings is 1. The van der Waals surface area contributed by atoms with Crippen molar-refractivity contribution in [2.45, 2.75) is 12.8 Å². The first-order valence-corrected chi connectivity index (χ1v) is 10.7. The van der Waals surface area contributed by atoms with Gasteiger partial charge in [0.15, 0.2) is 6.61 Å². The van der Waals surface area contributed by atoms with Crippen LogP contribution in [-0.4, -0.2) is 30.9 Å². The molecule has 0 atom stereocenters. The largest absolute Gasteiger partial charge is 0.484 e. The summed E-state index contributed by atoms with van der Waals surface area (Å²) >= 11 is 1.36. The molecule has 4 rings (SSSR count). The Kier molecular flexibility index (Phi) is 6.28. The fraction of sp³-hybridized carbons (Fsp3) is 0.174. The summed E-state index contributed by atoms with van der Waals surface area (Å²) < 4.78 is 5.54. The van der Waals surface area contributed by atoms with Gasteiger partial charge >= 0.3 is 0 Å². The van der Waals surface area contributed by atoms with E-state index in [4.69, 9.17) is 4.74 Å². The molecule has 0 bridgehead atoms. The van der Waals surface area contributed by atoms with Crippen molar-refractivity contribution in [1.82, 2.24) is 0 Å². The highest BCUT2D eigenvalue weighted by Gasteiger charge is 2.21. The van der Waals surface area contributed by atoms with Crippen LogP contribution in [0, 0.1) is 0 Å². The van der Waals surface area contributed by atoms with Crippen molar-refractivity contribution in [1.29, 1.82) is 0 Å². The molecule has 158 valence electrons. The quantitative estimate of drug-likeness (QED) is 0.584. The van der Waals surface area contributed by atoms with E-state index in [9.17, 15) is 14.4 Å². The lowest BCUT2D eigenvalue weighted by atomic mass is 10.2. The second-order valence-corrected chi connectivity index (χ2v) is 7.94. The standard InChI is InChI=1S/C23H21N3O4S/c27-21(15-30-19-10-8-18(9-11-19)26-12-2-7-22(26)28)24-16-4-1-5-17(14-16)25-23(29)20-6-3-13-31-20/h1,3-6,8-11,13-14H,2,7,12,15H2,(H,24,27)(H,25,29). The Balaban J connectivity index is 1.29. The average molecular weight is 436 g/mol. The number of carbonyl (C=O) groups excluding carboxylic acids is 3. The normalized spacial score (nSPS) is 13.2. The fourth-order valence-electron chi connectivity index (χ4n) is 3.26. The molecule has 0 aliphatic carbocycles. The van der Waals surface area contributed by atoms with E-state index in [0.717, 1.165) is 18.7 Å². The summed E-state index contributed by atoms with van der Waals surface area (Å²) in [5.41, 5.74) is 1.98.